The molecule has 1 heterocycles. The summed E-state index contributed by atoms with van der Waals surface area (Å²) in [7, 11) is 0. The van der Waals surface area contributed by atoms with E-state index in [1.165, 1.54) is 30.0 Å². The number of benzene rings is 2. The number of carbonyl (C=O) groups excluding carboxylic acids is 1. The Morgan fingerprint density at radius 2 is 1.82 bits per heavy atom. The summed E-state index contributed by atoms with van der Waals surface area (Å²) in [5.74, 6) is -0.413. The summed E-state index contributed by atoms with van der Waals surface area (Å²) in [4.78, 5) is 21.2. The summed E-state index contributed by atoms with van der Waals surface area (Å²) < 4.78 is 0. The van der Waals surface area contributed by atoms with Crippen molar-refractivity contribution in [2.45, 2.75) is 18.5 Å². The van der Waals surface area contributed by atoms with Crippen LogP contribution < -0.4 is 5.73 Å². The number of carbonyl (C=O) groups is 1. The molecule has 0 saturated carbocycles. The number of anilines is 1. The fourth-order valence-corrected chi connectivity index (χ4v) is 3.56. The number of nitrogens with zero attached hydrogens (tertiary/aromatic N) is 2. The highest BCUT2D eigenvalue weighted by atomic mass is 35.5. The van der Waals surface area contributed by atoms with Gasteiger partial charge in [-0.3, -0.25) is 4.79 Å². The van der Waals surface area contributed by atoms with Crippen LogP contribution in [-0.4, -0.2) is 31.7 Å². The Hall–Kier alpha value is -2.77. The van der Waals surface area contributed by atoms with E-state index in [9.17, 15) is 15.0 Å². The molecule has 0 fully saturated rings. The molecule has 0 aliphatic rings. The first-order chi connectivity index (χ1) is 13.4. The molecule has 0 saturated heterocycles. The van der Waals surface area contributed by atoms with Crippen LogP contribution >= 0.6 is 23.4 Å². The molecule has 1 aromatic heterocycles. The second kappa shape index (κ2) is 8.50. The molecular formula is C20H18ClN3O3S. The number of hydrogen-bond acceptors (Lipinski definition) is 7. The lowest BCUT2D eigenvalue weighted by Gasteiger charge is -2.12. The number of halogens is 1. The number of aromatic nitrogens is 2. The van der Waals surface area contributed by atoms with Crippen LogP contribution in [0.2, 0.25) is 5.02 Å². The number of nitrogens with two attached hydrogens (primary N) is 1. The zero-order valence-corrected chi connectivity index (χ0v) is 16.6. The van der Waals surface area contributed by atoms with Gasteiger partial charge in [-0.1, -0.05) is 42.4 Å². The average molecular weight is 416 g/mol. The topological polar surface area (TPSA) is 109 Å². The van der Waals surface area contributed by atoms with Gasteiger partial charge in [-0.15, -0.1) is 0 Å². The van der Waals surface area contributed by atoms with Gasteiger partial charge in [-0.25, -0.2) is 9.97 Å². The van der Waals surface area contributed by atoms with E-state index in [0.29, 0.717) is 28.0 Å². The van der Waals surface area contributed by atoms with Crippen molar-refractivity contribution < 1.29 is 15.0 Å². The summed E-state index contributed by atoms with van der Waals surface area (Å²) in [6.45, 7) is 1.97. The minimum Gasteiger partial charge on any atom is -0.504 e. The molecule has 3 rings (SSSR count). The number of ketones is 1. The first-order valence-corrected chi connectivity index (χ1v) is 9.85. The molecule has 0 atom stereocenters. The van der Waals surface area contributed by atoms with Crippen LogP contribution in [0.1, 0.15) is 23.0 Å². The number of nitrogen functional groups attached to an aromatic ring is 1. The smallest absolute Gasteiger partial charge is 0.190 e. The number of aryl methyl sites for hydroxylation is 1. The highest BCUT2D eigenvalue weighted by Crippen LogP contribution is 2.31. The van der Waals surface area contributed by atoms with E-state index in [1.54, 1.807) is 12.1 Å². The number of Topliss-reactive ketones (excluding diaryl/α,β-unsaturated/α-hetero) is 1. The maximum absolute atomic E-state index is 12.3. The van der Waals surface area contributed by atoms with Crippen molar-refractivity contribution in [2.24, 2.45) is 0 Å². The fourth-order valence-electron chi connectivity index (χ4n) is 2.66. The molecule has 0 aliphatic carbocycles. The second-order valence-electron chi connectivity index (χ2n) is 5.99. The van der Waals surface area contributed by atoms with Crippen molar-refractivity contribution in [1.82, 2.24) is 9.97 Å². The maximum atomic E-state index is 12.3. The number of phenols is 2. The van der Waals surface area contributed by atoms with Crippen molar-refractivity contribution in [1.29, 1.82) is 0 Å². The van der Waals surface area contributed by atoms with Gasteiger partial charge in [-0.2, -0.15) is 0 Å². The molecule has 0 radical (unpaired) electrons. The van der Waals surface area contributed by atoms with E-state index in [0.717, 1.165) is 16.8 Å². The maximum Gasteiger partial charge on any atom is 0.190 e. The van der Waals surface area contributed by atoms with E-state index >= 15 is 0 Å². The highest BCUT2D eigenvalue weighted by Gasteiger charge is 2.16. The largest absolute Gasteiger partial charge is 0.504 e. The Balaban J connectivity index is 1.81. The van der Waals surface area contributed by atoms with Crippen LogP contribution in [-0.2, 0) is 6.42 Å². The van der Waals surface area contributed by atoms with E-state index < -0.39 is 0 Å². The molecule has 0 amide bonds. The van der Waals surface area contributed by atoms with Gasteiger partial charge in [0, 0.05) is 16.1 Å². The molecule has 8 heteroatoms. The van der Waals surface area contributed by atoms with E-state index in [4.69, 9.17) is 17.3 Å². The Morgan fingerprint density at radius 3 is 2.46 bits per heavy atom. The molecular weight excluding hydrogens is 398 g/mol. The molecule has 6 nitrogen and oxygen atoms in total. The van der Waals surface area contributed by atoms with Crippen LogP contribution in [0.25, 0.3) is 11.1 Å². The van der Waals surface area contributed by atoms with Gasteiger partial charge in [-0.05, 0) is 42.3 Å². The van der Waals surface area contributed by atoms with E-state index in [2.05, 4.69) is 9.97 Å². The number of thioether (sulfide) groups is 1. The van der Waals surface area contributed by atoms with Crippen LogP contribution in [0.5, 0.6) is 11.5 Å². The monoisotopic (exact) mass is 415 g/mol. The quantitative estimate of drug-likeness (QED) is 0.238. The Kier molecular flexibility index (Phi) is 6.06. The normalized spacial score (nSPS) is 10.8. The molecule has 0 spiro atoms. The molecule has 28 heavy (non-hydrogen) atoms. The van der Waals surface area contributed by atoms with Gasteiger partial charge in [0.15, 0.2) is 22.4 Å². The van der Waals surface area contributed by atoms with Crippen molar-refractivity contribution in [3.8, 4) is 22.6 Å². The molecule has 144 valence electrons. The summed E-state index contributed by atoms with van der Waals surface area (Å²) in [5, 5.41) is 19.9. The average Bonchev–Trinajstić information content (AvgIpc) is 2.68. The van der Waals surface area contributed by atoms with Crippen molar-refractivity contribution in [2.75, 3.05) is 11.5 Å². The van der Waals surface area contributed by atoms with Gasteiger partial charge < -0.3 is 15.9 Å². The Bertz CT molecular complexity index is 1030. The SMILES string of the molecule is CCc1nc(SCC(=O)c2ccc(O)c(O)c2)nc(N)c1-c1ccc(Cl)cc1. The van der Waals surface area contributed by atoms with Crippen molar-refractivity contribution in [3.05, 3.63) is 58.7 Å². The summed E-state index contributed by atoms with van der Waals surface area (Å²) in [5.41, 5.74) is 8.90. The lowest BCUT2D eigenvalue weighted by Crippen LogP contribution is -2.07. The first-order valence-electron chi connectivity index (χ1n) is 8.49. The predicted octanol–water partition coefficient (Wildman–Crippen LogP) is 4.33. The number of hydrogen-bond donors (Lipinski definition) is 3. The third-order valence-electron chi connectivity index (χ3n) is 4.09. The van der Waals surface area contributed by atoms with Crippen LogP contribution in [0.3, 0.4) is 0 Å². The Morgan fingerprint density at radius 1 is 1.11 bits per heavy atom. The van der Waals surface area contributed by atoms with Gasteiger partial charge in [0.2, 0.25) is 0 Å². The number of aromatic hydroxyl groups is 2. The molecule has 0 bridgehead atoms. The summed E-state index contributed by atoms with van der Waals surface area (Å²) in [6, 6.07) is 11.3. The highest BCUT2D eigenvalue weighted by molar-refractivity contribution is 7.99. The molecule has 4 N–H and O–H groups in total. The van der Waals surface area contributed by atoms with Crippen LogP contribution in [0.15, 0.2) is 47.6 Å². The van der Waals surface area contributed by atoms with Crippen LogP contribution in [0, 0.1) is 0 Å². The lowest BCUT2D eigenvalue weighted by atomic mass is 10.0. The lowest BCUT2D eigenvalue weighted by molar-refractivity contribution is 0.102. The van der Waals surface area contributed by atoms with Crippen molar-refractivity contribution in [3.63, 3.8) is 0 Å². The van der Waals surface area contributed by atoms with Gasteiger partial charge in [0.25, 0.3) is 0 Å². The van der Waals surface area contributed by atoms with E-state index in [-0.39, 0.29) is 23.0 Å². The summed E-state index contributed by atoms with van der Waals surface area (Å²) in [6.07, 6.45) is 0.651. The minimum atomic E-state index is -0.336. The third-order valence-corrected chi connectivity index (χ3v) is 5.19. The zero-order chi connectivity index (χ0) is 20.3. The van der Waals surface area contributed by atoms with Gasteiger partial charge >= 0.3 is 0 Å². The minimum absolute atomic E-state index is 0.0765. The number of rotatable bonds is 6. The zero-order valence-electron chi connectivity index (χ0n) is 15.0. The molecule has 3 aromatic rings. The first kappa shape index (κ1) is 20.0. The fraction of sp³-hybridized carbons (Fsp3) is 0.150. The van der Waals surface area contributed by atoms with Crippen molar-refractivity contribution >= 4 is 35.0 Å². The standard InChI is InChI=1S/C20H18ClN3O3S/c1-2-14-18(11-3-6-13(21)7-4-11)19(22)24-20(23-14)28-10-17(27)12-5-8-15(25)16(26)9-12/h3-9,25-26H,2,10H2,1H3,(H2,22,23,24). The number of phenolic OH excluding ortho intramolecular Hbond substituents is 2. The predicted molar refractivity (Wildman–Crippen MR) is 111 cm³/mol. The van der Waals surface area contributed by atoms with Gasteiger partial charge in [0.05, 0.1) is 11.4 Å². The van der Waals surface area contributed by atoms with Crippen LogP contribution in [0.4, 0.5) is 5.82 Å². The molecule has 0 aliphatic heterocycles. The van der Waals surface area contributed by atoms with E-state index in [1.807, 2.05) is 19.1 Å². The second-order valence-corrected chi connectivity index (χ2v) is 7.37. The van der Waals surface area contributed by atoms with Gasteiger partial charge in [0.1, 0.15) is 5.82 Å². The molecule has 2 aromatic carbocycles. The summed E-state index contributed by atoms with van der Waals surface area (Å²) >= 11 is 7.12. The Labute approximate surface area is 171 Å². The third kappa shape index (κ3) is 4.37. The molecule has 0 unspecified atom stereocenters.